The average Bonchev–Trinajstić information content (AvgIpc) is 2.87. The first-order valence-corrected chi connectivity index (χ1v) is 9.83. The number of nitro benzene ring substituents is 1. The molecule has 2 aromatic rings. The Labute approximate surface area is 174 Å². The van der Waals surface area contributed by atoms with Crippen LogP contribution < -0.4 is 0 Å². The molecule has 0 spiro atoms. The van der Waals surface area contributed by atoms with Crippen LogP contribution in [0.1, 0.15) is 11.1 Å². The molecular weight excluding hydrogens is 504 g/mol. The SMILES string of the molecule is O=C1S/C(=C\c2cc(Br)cc(Br)c2O)C(=O)N1Cc1ccc([N+](=O)[O-])cc1. The molecule has 1 fully saturated rings. The van der Waals surface area contributed by atoms with Gasteiger partial charge in [-0.15, -0.1) is 0 Å². The van der Waals surface area contributed by atoms with Crippen molar-refractivity contribution in [3.63, 3.8) is 0 Å². The maximum absolute atomic E-state index is 12.6. The fourth-order valence-corrected chi connectivity index (χ4v) is 4.47. The Morgan fingerprint density at radius 3 is 2.48 bits per heavy atom. The van der Waals surface area contributed by atoms with Crippen molar-refractivity contribution in [2.24, 2.45) is 0 Å². The number of carbonyl (C=O) groups excluding carboxylic acids is 2. The van der Waals surface area contributed by atoms with Gasteiger partial charge in [0, 0.05) is 22.2 Å². The molecule has 0 saturated carbocycles. The van der Waals surface area contributed by atoms with E-state index in [0.717, 1.165) is 16.7 Å². The molecule has 10 heteroatoms. The lowest BCUT2D eigenvalue weighted by Gasteiger charge is -2.12. The number of phenols is 1. The van der Waals surface area contributed by atoms with E-state index in [4.69, 9.17) is 0 Å². The number of non-ortho nitro benzene ring substituents is 1. The molecule has 27 heavy (non-hydrogen) atoms. The van der Waals surface area contributed by atoms with E-state index in [-0.39, 0.29) is 22.9 Å². The number of carbonyl (C=O) groups is 2. The first-order chi connectivity index (χ1) is 12.8. The van der Waals surface area contributed by atoms with E-state index in [1.807, 2.05) is 0 Å². The van der Waals surface area contributed by atoms with Crippen LogP contribution in [0.3, 0.4) is 0 Å². The number of imide groups is 1. The van der Waals surface area contributed by atoms with E-state index in [1.54, 1.807) is 12.1 Å². The smallest absolute Gasteiger partial charge is 0.293 e. The number of hydrogen-bond donors (Lipinski definition) is 1. The van der Waals surface area contributed by atoms with Gasteiger partial charge in [0.15, 0.2) is 0 Å². The number of aromatic hydroxyl groups is 1. The number of halogens is 2. The van der Waals surface area contributed by atoms with Crippen LogP contribution in [0.5, 0.6) is 5.75 Å². The van der Waals surface area contributed by atoms with Crippen molar-refractivity contribution in [2.45, 2.75) is 6.54 Å². The molecule has 2 aromatic carbocycles. The predicted molar refractivity (Wildman–Crippen MR) is 108 cm³/mol. The highest BCUT2D eigenvalue weighted by atomic mass is 79.9. The maximum Gasteiger partial charge on any atom is 0.293 e. The third kappa shape index (κ3) is 4.23. The monoisotopic (exact) mass is 512 g/mol. The van der Waals surface area contributed by atoms with E-state index in [2.05, 4.69) is 31.9 Å². The molecule has 3 rings (SSSR count). The Morgan fingerprint density at radius 2 is 1.85 bits per heavy atom. The van der Waals surface area contributed by atoms with E-state index >= 15 is 0 Å². The number of phenolic OH excluding ortho intramolecular Hbond substituents is 1. The van der Waals surface area contributed by atoms with Crippen molar-refractivity contribution < 1.29 is 19.6 Å². The normalized spacial score (nSPS) is 15.6. The van der Waals surface area contributed by atoms with Crippen molar-refractivity contribution in [3.8, 4) is 5.75 Å². The summed E-state index contributed by atoms with van der Waals surface area (Å²) in [6.07, 6.45) is 1.45. The lowest BCUT2D eigenvalue weighted by molar-refractivity contribution is -0.384. The Hall–Kier alpha value is -2.17. The number of nitrogens with zero attached hydrogens (tertiary/aromatic N) is 2. The summed E-state index contributed by atoms with van der Waals surface area (Å²) in [5, 5.41) is 20.4. The minimum absolute atomic E-state index is 0.00810. The summed E-state index contributed by atoms with van der Waals surface area (Å²) in [7, 11) is 0. The quantitative estimate of drug-likeness (QED) is 0.348. The van der Waals surface area contributed by atoms with Gasteiger partial charge >= 0.3 is 0 Å². The van der Waals surface area contributed by atoms with Gasteiger partial charge in [-0.3, -0.25) is 24.6 Å². The Balaban J connectivity index is 1.84. The average molecular weight is 514 g/mol. The largest absolute Gasteiger partial charge is 0.506 e. The molecule has 1 heterocycles. The summed E-state index contributed by atoms with van der Waals surface area (Å²) in [6, 6.07) is 8.94. The second-order valence-electron chi connectivity index (χ2n) is 5.52. The standard InChI is InChI=1S/C17H10Br2N2O5S/c18-11-5-10(15(22)13(19)7-11)6-14-16(23)20(17(24)27-14)8-9-1-3-12(4-2-9)21(25)26/h1-7,22H,8H2/b14-6-. The fraction of sp³-hybridized carbons (Fsp3) is 0.0588. The van der Waals surface area contributed by atoms with Gasteiger partial charge in [-0.1, -0.05) is 28.1 Å². The van der Waals surface area contributed by atoms with E-state index in [9.17, 15) is 24.8 Å². The summed E-state index contributed by atoms with van der Waals surface area (Å²) in [4.78, 5) is 36.2. The molecular formula is C17H10Br2N2O5S. The summed E-state index contributed by atoms with van der Waals surface area (Å²) < 4.78 is 1.15. The molecule has 0 aliphatic carbocycles. The number of nitro groups is 1. The van der Waals surface area contributed by atoms with Crippen LogP contribution >= 0.6 is 43.6 Å². The second-order valence-corrected chi connectivity index (χ2v) is 8.28. The van der Waals surface area contributed by atoms with Gasteiger partial charge < -0.3 is 5.11 Å². The van der Waals surface area contributed by atoms with Crippen LogP contribution in [0, 0.1) is 10.1 Å². The lowest BCUT2D eigenvalue weighted by Crippen LogP contribution is -2.27. The van der Waals surface area contributed by atoms with Gasteiger partial charge in [-0.2, -0.15) is 0 Å². The lowest BCUT2D eigenvalue weighted by atomic mass is 10.1. The molecule has 1 saturated heterocycles. The zero-order valence-corrected chi connectivity index (χ0v) is 17.4. The topological polar surface area (TPSA) is 101 Å². The molecule has 0 bridgehead atoms. The maximum atomic E-state index is 12.6. The Kier molecular flexibility index (Phi) is 5.68. The summed E-state index contributed by atoms with van der Waals surface area (Å²) in [5.74, 6) is -0.529. The van der Waals surface area contributed by atoms with Gasteiger partial charge in [0.05, 0.1) is 20.8 Å². The Morgan fingerprint density at radius 1 is 1.19 bits per heavy atom. The van der Waals surface area contributed by atoms with E-state index in [1.165, 1.54) is 30.3 Å². The molecule has 1 aliphatic heterocycles. The van der Waals surface area contributed by atoms with Crippen LogP contribution in [0.2, 0.25) is 0 Å². The highest BCUT2D eigenvalue weighted by Gasteiger charge is 2.35. The first-order valence-electron chi connectivity index (χ1n) is 7.43. The number of thioether (sulfide) groups is 1. The van der Waals surface area contributed by atoms with Crippen molar-refractivity contribution in [1.29, 1.82) is 0 Å². The second kappa shape index (κ2) is 7.83. The zero-order valence-electron chi connectivity index (χ0n) is 13.4. The van der Waals surface area contributed by atoms with Crippen molar-refractivity contribution in [3.05, 3.63) is 71.5 Å². The minimum Gasteiger partial charge on any atom is -0.506 e. The number of amides is 2. The van der Waals surface area contributed by atoms with Gasteiger partial charge in [0.2, 0.25) is 0 Å². The fourth-order valence-electron chi connectivity index (χ4n) is 2.38. The third-order valence-corrected chi connectivity index (χ3v) is 5.68. The van der Waals surface area contributed by atoms with Crippen molar-refractivity contribution >= 4 is 66.5 Å². The summed E-state index contributed by atoms with van der Waals surface area (Å²) in [5.41, 5.74) is 0.915. The summed E-state index contributed by atoms with van der Waals surface area (Å²) in [6.45, 7) is 0.00810. The number of benzene rings is 2. The molecule has 0 atom stereocenters. The van der Waals surface area contributed by atoms with Gasteiger partial charge in [-0.05, 0) is 51.5 Å². The molecule has 1 aliphatic rings. The highest BCUT2D eigenvalue weighted by molar-refractivity contribution is 9.11. The molecule has 0 unspecified atom stereocenters. The molecule has 1 N–H and O–H groups in total. The molecule has 0 aromatic heterocycles. The molecule has 138 valence electrons. The van der Waals surface area contributed by atoms with Crippen LogP contribution in [-0.4, -0.2) is 26.1 Å². The van der Waals surface area contributed by atoms with Crippen LogP contribution in [0.25, 0.3) is 6.08 Å². The van der Waals surface area contributed by atoms with E-state index in [0.29, 0.717) is 20.1 Å². The zero-order chi connectivity index (χ0) is 19.7. The molecule has 7 nitrogen and oxygen atoms in total. The van der Waals surface area contributed by atoms with Crippen LogP contribution in [0.15, 0.2) is 50.2 Å². The van der Waals surface area contributed by atoms with E-state index < -0.39 is 16.1 Å². The van der Waals surface area contributed by atoms with Gasteiger partial charge in [-0.25, -0.2) is 0 Å². The van der Waals surface area contributed by atoms with Crippen molar-refractivity contribution in [1.82, 2.24) is 4.90 Å². The molecule has 0 radical (unpaired) electrons. The first kappa shape index (κ1) is 19.6. The van der Waals surface area contributed by atoms with Crippen LogP contribution in [-0.2, 0) is 11.3 Å². The Bertz CT molecular complexity index is 992. The van der Waals surface area contributed by atoms with Crippen LogP contribution in [0.4, 0.5) is 10.5 Å². The highest BCUT2D eigenvalue weighted by Crippen LogP contribution is 2.38. The minimum atomic E-state index is -0.519. The third-order valence-electron chi connectivity index (χ3n) is 3.71. The predicted octanol–water partition coefficient (Wildman–Crippen LogP) is 5.06. The van der Waals surface area contributed by atoms with Gasteiger partial charge in [0.1, 0.15) is 5.75 Å². The van der Waals surface area contributed by atoms with Crippen molar-refractivity contribution in [2.75, 3.05) is 0 Å². The summed E-state index contributed by atoms with van der Waals surface area (Å²) >= 11 is 7.30. The van der Waals surface area contributed by atoms with Gasteiger partial charge in [0.25, 0.3) is 16.8 Å². The number of hydrogen-bond acceptors (Lipinski definition) is 6. The molecule has 2 amide bonds. The number of rotatable bonds is 4.